The average molecular weight is 419 g/mol. The summed E-state index contributed by atoms with van der Waals surface area (Å²) in [6, 6.07) is 0. The lowest BCUT2D eigenvalue weighted by Crippen LogP contribution is -2.35. The van der Waals surface area contributed by atoms with Gasteiger partial charge in [0.2, 0.25) is 0 Å². The minimum atomic E-state index is -0.696. The molecule has 1 rings (SSSR count). The molecule has 1 saturated carbocycles. The fraction of sp³-hybridized carbons (Fsp3) is 1.00. The van der Waals surface area contributed by atoms with Crippen molar-refractivity contribution in [3.05, 3.63) is 0 Å². The van der Waals surface area contributed by atoms with Gasteiger partial charge in [0.1, 0.15) is 0 Å². The number of unbranched alkanes of at least 4 members (excludes halogenated alkanes) is 3. The third kappa shape index (κ3) is 12.3. The lowest BCUT2D eigenvalue weighted by Gasteiger charge is -2.39. The Bertz CT molecular complexity index is 367. The van der Waals surface area contributed by atoms with E-state index in [1.165, 1.54) is 32.1 Å². The van der Waals surface area contributed by atoms with Gasteiger partial charge >= 0.3 is 0 Å². The molecule has 0 aromatic carbocycles. The van der Waals surface area contributed by atoms with Gasteiger partial charge in [0.15, 0.2) is 12.6 Å². The zero-order chi connectivity index (χ0) is 21.3. The van der Waals surface area contributed by atoms with Crippen molar-refractivity contribution in [1.82, 2.24) is 0 Å². The molecule has 6 nitrogen and oxygen atoms in total. The molecular weight excluding hydrogens is 372 g/mol. The molecule has 1 aliphatic rings. The van der Waals surface area contributed by atoms with E-state index >= 15 is 0 Å². The van der Waals surface area contributed by atoms with Gasteiger partial charge in [-0.15, -0.1) is 0 Å². The van der Waals surface area contributed by atoms with Gasteiger partial charge in [0.05, 0.1) is 6.10 Å². The van der Waals surface area contributed by atoms with Crippen LogP contribution in [0.4, 0.5) is 0 Å². The summed E-state index contributed by atoms with van der Waals surface area (Å²) in [5.74, 6) is 1.08. The quantitative estimate of drug-likeness (QED) is 0.230. The van der Waals surface area contributed by atoms with Crippen LogP contribution < -0.4 is 0 Å². The Morgan fingerprint density at radius 3 is 2.21 bits per heavy atom. The molecule has 0 radical (unpaired) electrons. The van der Waals surface area contributed by atoms with E-state index in [4.69, 9.17) is 19.3 Å². The molecule has 0 saturated heterocycles. The van der Waals surface area contributed by atoms with E-state index in [0.29, 0.717) is 44.5 Å². The van der Waals surface area contributed by atoms with E-state index in [0.717, 1.165) is 32.1 Å². The van der Waals surface area contributed by atoms with Crippen LogP contribution in [0.5, 0.6) is 0 Å². The lowest BCUT2D eigenvalue weighted by atomic mass is 9.72. The number of ether oxygens (including phenoxy) is 3. The van der Waals surface area contributed by atoms with Crippen molar-refractivity contribution in [1.29, 1.82) is 0 Å². The van der Waals surface area contributed by atoms with Gasteiger partial charge in [-0.3, -0.25) is 0 Å². The van der Waals surface area contributed by atoms with Gasteiger partial charge in [-0.05, 0) is 64.2 Å². The van der Waals surface area contributed by atoms with E-state index in [9.17, 15) is 10.2 Å². The van der Waals surface area contributed by atoms with Crippen molar-refractivity contribution >= 4 is 0 Å². The van der Waals surface area contributed by atoms with Crippen molar-refractivity contribution in [3.63, 3.8) is 0 Å². The van der Waals surface area contributed by atoms with Crippen molar-refractivity contribution in [2.75, 3.05) is 26.4 Å². The normalized spacial score (nSPS) is 24.5. The molecule has 3 N–H and O–H groups in total. The molecule has 0 amide bonds. The Kier molecular flexibility index (Phi) is 16.1. The molecule has 5 atom stereocenters. The second kappa shape index (κ2) is 17.4. The third-order valence-corrected chi connectivity index (χ3v) is 6.02. The largest absolute Gasteiger partial charge is 0.396 e. The molecule has 0 aliphatic heterocycles. The highest BCUT2D eigenvalue weighted by Crippen LogP contribution is 2.38. The average Bonchev–Trinajstić information content (AvgIpc) is 2.70. The fourth-order valence-corrected chi connectivity index (χ4v) is 4.55. The van der Waals surface area contributed by atoms with Crippen molar-refractivity contribution in [2.45, 2.75) is 110 Å². The lowest BCUT2D eigenvalue weighted by molar-refractivity contribution is -0.114. The molecule has 0 aromatic heterocycles. The number of hydrogen-bond acceptors (Lipinski definition) is 6. The zero-order valence-corrected chi connectivity index (χ0v) is 18.8. The predicted molar refractivity (Wildman–Crippen MR) is 114 cm³/mol. The van der Waals surface area contributed by atoms with Crippen LogP contribution in [-0.4, -0.2) is 60.4 Å². The molecule has 0 aromatic rings. The van der Waals surface area contributed by atoms with Crippen LogP contribution in [0.3, 0.4) is 0 Å². The van der Waals surface area contributed by atoms with E-state index in [2.05, 4.69) is 0 Å². The summed E-state index contributed by atoms with van der Waals surface area (Å²) in [5, 5.41) is 28.7. The Morgan fingerprint density at radius 2 is 1.52 bits per heavy atom. The summed E-state index contributed by atoms with van der Waals surface area (Å²) in [6.07, 6.45) is 10.9. The monoisotopic (exact) mass is 418 g/mol. The van der Waals surface area contributed by atoms with Crippen LogP contribution in [0, 0.1) is 11.8 Å². The first-order valence-electron chi connectivity index (χ1n) is 11.9. The van der Waals surface area contributed by atoms with Crippen molar-refractivity contribution in [2.24, 2.45) is 11.8 Å². The molecule has 0 spiro atoms. The first-order valence-corrected chi connectivity index (χ1v) is 11.9. The SMILES string of the molecule is CCOC(O)CCCOC1CCCC(CCCCCCO)C1CCC(O)OCC. The Morgan fingerprint density at radius 1 is 0.828 bits per heavy atom. The first-order chi connectivity index (χ1) is 14.1. The maximum absolute atomic E-state index is 10.0. The van der Waals surface area contributed by atoms with Gasteiger partial charge in [-0.25, -0.2) is 0 Å². The molecule has 174 valence electrons. The standard InChI is InChI=1S/C23H46O6/c1-3-27-22(25)14-10-18-29-21-13-9-12-19(11-7-5-6-8-17-24)20(21)15-16-23(26)28-4-2/h19-26H,3-18H2,1-2H3. The Balaban J connectivity index is 2.50. The molecule has 1 fully saturated rings. The summed E-state index contributed by atoms with van der Waals surface area (Å²) in [5.41, 5.74) is 0. The van der Waals surface area contributed by atoms with Gasteiger partial charge < -0.3 is 29.5 Å². The van der Waals surface area contributed by atoms with Crippen LogP contribution in [0.1, 0.15) is 90.9 Å². The van der Waals surface area contributed by atoms with Gasteiger partial charge in [0, 0.05) is 32.8 Å². The highest BCUT2D eigenvalue weighted by atomic mass is 16.6. The summed E-state index contributed by atoms with van der Waals surface area (Å²) in [7, 11) is 0. The van der Waals surface area contributed by atoms with E-state index in [-0.39, 0.29) is 12.7 Å². The smallest absolute Gasteiger partial charge is 0.154 e. The summed E-state index contributed by atoms with van der Waals surface area (Å²) >= 11 is 0. The maximum Gasteiger partial charge on any atom is 0.154 e. The minimum Gasteiger partial charge on any atom is -0.396 e. The number of aliphatic hydroxyl groups excluding tert-OH is 3. The van der Waals surface area contributed by atoms with Gasteiger partial charge in [-0.2, -0.15) is 0 Å². The van der Waals surface area contributed by atoms with E-state index < -0.39 is 12.6 Å². The van der Waals surface area contributed by atoms with Crippen LogP contribution in [0.2, 0.25) is 0 Å². The first kappa shape index (κ1) is 26.8. The van der Waals surface area contributed by atoms with Gasteiger partial charge in [0.25, 0.3) is 0 Å². The zero-order valence-electron chi connectivity index (χ0n) is 18.8. The Hall–Kier alpha value is -0.240. The van der Waals surface area contributed by atoms with Crippen LogP contribution in [-0.2, 0) is 14.2 Å². The predicted octanol–water partition coefficient (Wildman–Crippen LogP) is 4.00. The maximum atomic E-state index is 10.0. The highest BCUT2D eigenvalue weighted by Gasteiger charge is 2.33. The molecule has 6 heteroatoms. The topological polar surface area (TPSA) is 88.4 Å². The van der Waals surface area contributed by atoms with E-state index in [1.807, 2.05) is 13.8 Å². The molecule has 0 bridgehead atoms. The van der Waals surface area contributed by atoms with Gasteiger partial charge in [-0.1, -0.05) is 32.1 Å². The second-order valence-corrected chi connectivity index (χ2v) is 8.23. The number of hydrogen-bond donors (Lipinski definition) is 3. The summed E-state index contributed by atoms with van der Waals surface area (Å²) in [6.45, 7) is 5.77. The third-order valence-electron chi connectivity index (χ3n) is 6.02. The Labute approximate surface area is 177 Å². The molecule has 5 unspecified atom stereocenters. The van der Waals surface area contributed by atoms with Crippen LogP contribution in [0.25, 0.3) is 0 Å². The number of aliphatic hydroxyl groups is 3. The number of rotatable bonds is 18. The summed E-state index contributed by atoms with van der Waals surface area (Å²) < 4.78 is 16.8. The molecular formula is C23H46O6. The second-order valence-electron chi connectivity index (χ2n) is 8.23. The van der Waals surface area contributed by atoms with Crippen LogP contribution in [0.15, 0.2) is 0 Å². The van der Waals surface area contributed by atoms with Crippen molar-refractivity contribution < 1.29 is 29.5 Å². The molecule has 29 heavy (non-hydrogen) atoms. The van der Waals surface area contributed by atoms with Crippen molar-refractivity contribution in [3.8, 4) is 0 Å². The molecule has 0 heterocycles. The van der Waals surface area contributed by atoms with Crippen LogP contribution >= 0.6 is 0 Å². The van der Waals surface area contributed by atoms with E-state index in [1.54, 1.807) is 0 Å². The minimum absolute atomic E-state index is 0.226. The summed E-state index contributed by atoms with van der Waals surface area (Å²) in [4.78, 5) is 0. The molecule has 1 aliphatic carbocycles. The fourth-order valence-electron chi connectivity index (χ4n) is 4.55. The highest BCUT2D eigenvalue weighted by molar-refractivity contribution is 4.83.